The highest BCUT2D eigenvalue weighted by Gasteiger charge is 2.22. The van der Waals surface area contributed by atoms with E-state index in [1.807, 2.05) is 16.4 Å². The van der Waals surface area contributed by atoms with Gasteiger partial charge in [0.15, 0.2) is 0 Å². The topological polar surface area (TPSA) is 65.5 Å². The zero-order valence-corrected chi connectivity index (χ0v) is 15.7. The molecule has 2 heterocycles. The van der Waals surface area contributed by atoms with Crippen LogP contribution in [0.3, 0.4) is 0 Å². The number of halogens is 1. The normalized spacial score (nSPS) is 16.1. The Labute approximate surface area is 160 Å². The standard InChI is InChI=1S/C18H19ClN4O2S/c1-2-18(24)21-15-4-6-16(7-5-15)26(25)23-11-9-22(10-12-23)17-8-3-14(19)13-20-17/h2-8,13H,1,9-12H2,(H,21,24). The highest BCUT2D eigenvalue weighted by atomic mass is 35.5. The summed E-state index contributed by atoms with van der Waals surface area (Å²) >= 11 is 5.87. The molecule has 0 bridgehead atoms. The van der Waals surface area contributed by atoms with Gasteiger partial charge in [0, 0.05) is 38.1 Å². The van der Waals surface area contributed by atoms with E-state index in [-0.39, 0.29) is 5.91 Å². The zero-order valence-electron chi connectivity index (χ0n) is 14.1. The van der Waals surface area contributed by atoms with Crippen LogP contribution in [0, 0.1) is 0 Å². The van der Waals surface area contributed by atoms with Gasteiger partial charge >= 0.3 is 0 Å². The number of benzene rings is 1. The van der Waals surface area contributed by atoms with Crippen molar-refractivity contribution in [2.45, 2.75) is 4.90 Å². The first-order valence-corrected chi connectivity index (χ1v) is 9.62. The van der Waals surface area contributed by atoms with E-state index in [0.717, 1.165) is 18.9 Å². The maximum absolute atomic E-state index is 12.8. The molecule has 0 radical (unpaired) electrons. The molecule has 1 N–H and O–H groups in total. The molecule has 136 valence electrons. The molecule has 0 saturated carbocycles. The van der Waals surface area contributed by atoms with Gasteiger partial charge in [0.25, 0.3) is 0 Å². The lowest BCUT2D eigenvalue weighted by molar-refractivity contribution is -0.111. The van der Waals surface area contributed by atoms with Crippen molar-refractivity contribution in [3.63, 3.8) is 0 Å². The quantitative estimate of drug-likeness (QED) is 0.797. The minimum atomic E-state index is -1.24. The Morgan fingerprint density at radius 2 is 1.85 bits per heavy atom. The molecule has 0 aliphatic carbocycles. The lowest BCUT2D eigenvalue weighted by Gasteiger charge is -2.34. The number of carbonyl (C=O) groups excluding carboxylic acids is 1. The van der Waals surface area contributed by atoms with E-state index in [1.54, 1.807) is 30.5 Å². The molecule has 1 aliphatic heterocycles. The molecule has 1 aromatic carbocycles. The number of anilines is 2. The Bertz CT molecular complexity index is 803. The van der Waals surface area contributed by atoms with Crippen LogP contribution in [-0.4, -0.2) is 45.6 Å². The number of rotatable bonds is 5. The Kier molecular flexibility index (Phi) is 6.03. The minimum absolute atomic E-state index is 0.272. The maximum atomic E-state index is 12.8. The summed E-state index contributed by atoms with van der Waals surface area (Å²) in [6.07, 6.45) is 2.84. The van der Waals surface area contributed by atoms with Gasteiger partial charge in [0.1, 0.15) is 16.8 Å². The van der Waals surface area contributed by atoms with Crippen LogP contribution in [0.5, 0.6) is 0 Å². The van der Waals surface area contributed by atoms with Gasteiger partial charge in [-0.2, -0.15) is 0 Å². The molecule has 1 aliphatic rings. The number of hydrogen-bond acceptors (Lipinski definition) is 4. The molecular weight excluding hydrogens is 372 g/mol. The van der Waals surface area contributed by atoms with Crippen LogP contribution >= 0.6 is 11.6 Å². The van der Waals surface area contributed by atoms with Crippen molar-refractivity contribution in [1.29, 1.82) is 0 Å². The molecule has 26 heavy (non-hydrogen) atoms. The molecule has 0 spiro atoms. The average Bonchev–Trinajstić information content (AvgIpc) is 2.68. The molecule has 6 nitrogen and oxygen atoms in total. The van der Waals surface area contributed by atoms with Gasteiger partial charge in [-0.05, 0) is 42.5 Å². The van der Waals surface area contributed by atoms with E-state index in [2.05, 4.69) is 21.8 Å². The van der Waals surface area contributed by atoms with Gasteiger partial charge in [0.05, 0.1) is 9.92 Å². The summed E-state index contributed by atoms with van der Waals surface area (Å²) in [5.74, 6) is 0.605. The monoisotopic (exact) mass is 390 g/mol. The molecule has 3 rings (SSSR count). The molecule has 1 fully saturated rings. The number of aromatic nitrogens is 1. The van der Waals surface area contributed by atoms with Gasteiger partial charge in [-0.25, -0.2) is 13.5 Å². The van der Waals surface area contributed by atoms with Gasteiger partial charge in [0.2, 0.25) is 5.91 Å². The Morgan fingerprint density at radius 3 is 2.42 bits per heavy atom. The Morgan fingerprint density at radius 1 is 1.15 bits per heavy atom. The number of carbonyl (C=O) groups is 1. The predicted octanol–water partition coefficient (Wildman–Crippen LogP) is 2.70. The van der Waals surface area contributed by atoms with Crippen LogP contribution < -0.4 is 10.2 Å². The second kappa shape index (κ2) is 8.44. The summed E-state index contributed by atoms with van der Waals surface area (Å²) in [5.41, 5.74) is 0.647. The fourth-order valence-electron chi connectivity index (χ4n) is 2.64. The fourth-order valence-corrected chi connectivity index (χ4v) is 3.91. The van der Waals surface area contributed by atoms with E-state index in [1.165, 1.54) is 6.08 Å². The second-order valence-corrected chi connectivity index (χ2v) is 7.64. The smallest absolute Gasteiger partial charge is 0.247 e. The van der Waals surface area contributed by atoms with E-state index in [0.29, 0.717) is 28.7 Å². The van der Waals surface area contributed by atoms with Gasteiger partial charge in [-0.15, -0.1) is 0 Å². The van der Waals surface area contributed by atoms with Crippen molar-refractivity contribution in [3.05, 3.63) is 60.3 Å². The zero-order chi connectivity index (χ0) is 18.5. The fraction of sp³-hybridized carbons (Fsp3) is 0.222. The van der Waals surface area contributed by atoms with Gasteiger partial charge in [-0.3, -0.25) is 4.79 Å². The number of hydrogen-bond donors (Lipinski definition) is 1. The largest absolute Gasteiger partial charge is 0.354 e. The first-order valence-electron chi connectivity index (χ1n) is 8.13. The summed E-state index contributed by atoms with van der Waals surface area (Å²) < 4.78 is 14.7. The SMILES string of the molecule is C=CC(=O)Nc1ccc(S(=O)N2CCN(c3ccc(Cl)cn3)CC2)cc1. The summed E-state index contributed by atoms with van der Waals surface area (Å²) in [6, 6.07) is 10.7. The van der Waals surface area contributed by atoms with Crippen LogP contribution in [-0.2, 0) is 15.8 Å². The van der Waals surface area contributed by atoms with E-state index in [4.69, 9.17) is 11.6 Å². The third-order valence-corrected chi connectivity index (χ3v) is 5.75. The molecule has 1 saturated heterocycles. The summed E-state index contributed by atoms with van der Waals surface area (Å²) in [7, 11) is -1.24. The summed E-state index contributed by atoms with van der Waals surface area (Å²) in [4.78, 5) is 18.5. The second-order valence-electron chi connectivity index (χ2n) is 5.72. The Balaban J connectivity index is 1.58. The summed E-state index contributed by atoms with van der Waals surface area (Å²) in [5, 5.41) is 3.28. The van der Waals surface area contributed by atoms with Crippen molar-refractivity contribution in [2.75, 3.05) is 36.4 Å². The van der Waals surface area contributed by atoms with E-state index in [9.17, 15) is 9.00 Å². The Hall–Kier alpha value is -2.22. The lowest BCUT2D eigenvalue weighted by atomic mass is 10.3. The lowest BCUT2D eigenvalue weighted by Crippen LogP contribution is -2.47. The van der Waals surface area contributed by atoms with E-state index >= 15 is 0 Å². The molecule has 1 unspecified atom stereocenters. The number of nitrogens with zero attached hydrogens (tertiary/aromatic N) is 3. The van der Waals surface area contributed by atoms with Crippen LogP contribution in [0.25, 0.3) is 0 Å². The molecular formula is C18H19ClN4O2S. The van der Waals surface area contributed by atoms with Crippen molar-refractivity contribution in [1.82, 2.24) is 9.29 Å². The molecule has 8 heteroatoms. The molecule has 1 atom stereocenters. The van der Waals surface area contributed by atoms with E-state index < -0.39 is 11.0 Å². The van der Waals surface area contributed by atoms with Crippen molar-refractivity contribution >= 4 is 40.0 Å². The number of amides is 1. The maximum Gasteiger partial charge on any atom is 0.247 e. The average molecular weight is 391 g/mol. The number of nitrogens with one attached hydrogen (secondary N) is 1. The first-order chi connectivity index (χ1) is 12.6. The van der Waals surface area contributed by atoms with Crippen molar-refractivity contribution in [2.24, 2.45) is 0 Å². The number of piperazine rings is 1. The van der Waals surface area contributed by atoms with Crippen LogP contribution in [0.2, 0.25) is 5.02 Å². The van der Waals surface area contributed by atoms with Crippen molar-refractivity contribution in [3.8, 4) is 0 Å². The predicted molar refractivity (Wildman–Crippen MR) is 105 cm³/mol. The minimum Gasteiger partial charge on any atom is -0.354 e. The molecule has 1 aromatic heterocycles. The highest BCUT2D eigenvalue weighted by Crippen LogP contribution is 2.20. The van der Waals surface area contributed by atoms with Crippen LogP contribution in [0.15, 0.2) is 60.1 Å². The molecule has 2 aromatic rings. The summed E-state index contributed by atoms with van der Waals surface area (Å²) in [6.45, 7) is 6.25. The third-order valence-electron chi connectivity index (χ3n) is 4.02. The third kappa shape index (κ3) is 4.49. The van der Waals surface area contributed by atoms with Gasteiger partial charge < -0.3 is 10.2 Å². The van der Waals surface area contributed by atoms with Crippen LogP contribution in [0.4, 0.5) is 11.5 Å². The first kappa shape index (κ1) is 18.6. The highest BCUT2D eigenvalue weighted by molar-refractivity contribution is 7.82. The van der Waals surface area contributed by atoms with Crippen LogP contribution in [0.1, 0.15) is 0 Å². The molecule has 1 amide bonds. The number of pyridine rings is 1. The van der Waals surface area contributed by atoms with Crippen molar-refractivity contribution < 1.29 is 9.00 Å². The van der Waals surface area contributed by atoms with Gasteiger partial charge in [-0.1, -0.05) is 18.2 Å².